The van der Waals surface area contributed by atoms with E-state index in [4.69, 9.17) is 4.74 Å². The van der Waals surface area contributed by atoms with E-state index in [1.807, 2.05) is 24.3 Å². The summed E-state index contributed by atoms with van der Waals surface area (Å²) in [6.45, 7) is 3.43. The molecule has 34 heavy (non-hydrogen) atoms. The fourth-order valence-electron chi connectivity index (χ4n) is 2.84. The highest BCUT2D eigenvalue weighted by Crippen LogP contribution is 2.22. The highest BCUT2D eigenvalue weighted by atomic mass is 30.1. The molecule has 0 aromatic heterocycles. The first-order chi connectivity index (χ1) is 15.8. The van der Waals surface area contributed by atoms with Crippen LogP contribution in [0.25, 0.3) is 0 Å². The Morgan fingerprint density at radius 2 is 1.24 bits per heavy atom. The minimum absolute atomic E-state index is 0.475. The highest BCUT2D eigenvalue weighted by molar-refractivity contribution is 7.78. The minimum Gasteiger partial charge on any atom is -0.496 e. The largest absolute Gasteiger partial charge is 0.496 e. The van der Waals surface area contributed by atoms with Gasteiger partial charge in [-0.25, -0.2) is 0 Å². The van der Waals surface area contributed by atoms with Gasteiger partial charge in [0.25, 0.3) is 0 Å². The van der Waals surface area contributed by atoms with Crippen molar-refractivity contribution in [3.63, 3.8) is 0 Å². The first kappa shape index (κ1) is 31.4. The Bertz CT molecular complexity index is 1140. The normalized spacial score (nSPS) is 10.6. The van der Waals surface area contributed by atoms with Crippen LogP contribution in [0.1, 0.15) is 12.0 Å². The van der Waals surface area contributed by atoms with Crippen LogP contribution in [0.2, 0.25) is 19.1 Å². The van der Waals surface area contributed by atoms with Crippen molar-refractivity contribution in [1.29, 1.82) is 0 Å². The van der Waals surface area contributed by atoms with Crippen LogP contribution in [0.4, 0.5) is 0 Å². The van der Waals surface area contributed by atoms with Crippen LogP contribution in [0.15, 0.2) is 24.3 Å². The number of benzene rings is 1. The van der Waals surface area contributed by atoms with Gasteiger partial charge in [-0.2, -0.15) is 0 Å². The van der Waals surface area contributed by atoms with E-state index >= 15 is 0 Å². The molecule has 0 saturated carbocycles. The molecule has 0 fully saturated rings. The van der Waals surface area contributed by atoms with E-state index in [1.54, 1.807) is 20.2 Å². The molecular formula is C12H20O11Si11. The predicted octanol–water partition coefficient (Wildman–Crippen LogP) is -1.88. The van der Waals surface area contributed by atoms with E-state index < -0.39 is 86.0 Å². The molecule has 11 nitrogen and oxygen atoms in total. The first-order valence-electron chi connectivity index (χ1n) is 9.76. The Hall–Kier alpha value is -0.594. The lowest BCUT2D eigenvalue weighted by Gasteiger charge is -2.18. The summed E-state index contributed by atoms with van der Waals surface area (Å²) in [7, 11) is -34.8. The van der Waals surface area contributed by atoms with E-state index in [9.17, 15) is 44.6 Å². The molecule has 0 aliphatic heterocycles. The summed E-state index contributed by atoms with van der Waals surface area (Å²) < 4.78 is 126. The molecule has 1 rings (SSSR count). The molecule has 0 unspecified atom stereocenters. The SMILES string of the molecule is COc1ccccc1CCC[Si](C)(C)[Si](=O)[Si](=O)[Si](=O)[Si](=O)[Si](=O)[Si](=O)[Si](=O)[Si](=O)[Si](=O)[SiH]=O. The van der Waals surface area contributed by atoms with Gasteiger partial charge in [0.1, 0.15) is 13.3 Å². The zero-order chi connectivity index (χ0) is 26.2. The monoisotopic (exact) mass is 648 g/mol. The van der Waals surface area contributed by atoms with Gasteiger partial charge in [0.2, 0.25) is 0 Å². The molecule has 0 amide bonds. The first-order valence-corrected chi connectivity index (χ1v) is 36.9. The van der Waals surface area contributed by atoms with Gasteiger partial charge in [0, 0.05) is 0 Å². The van der Waals surface area contributed by atoms with Crippen LogP contribution in [-0.4, -0.2) is 93.1 Å². The summed E-state index contributed by atoms with van der Waals surface area (Å²) in [4.78, 5) is 0. The Morgan fingerprint density at radius 1 is 0.765 bits per heavy atom. The van der Waals surface area contributed by atoms with E-state index in [1.165, 1.54) is 0 Å². The zero-order valence-corrected chi connectivity index (χ0v) is 29.7. The summed E-state index contributed by atoms with van der Waals surface area (Å²) >= 11 is 0. The Balaban J connectivity index is 2.85. The van der Waals surface area contributed by atoms with Crippen molar-refractivity contribution in [1.82, 2.24) is 0 Å². The maximum absolute atomic E-state index is 13.0. The molecular weight excluding hydrogens is 629 g/mol. The molecule has 0 saturated heterocycles. The van der Waals surface area contributed by atoms with Crippen molar-refractivity contribution in [2.24, 2.45) is 0 Å². The molecule has 178 valence electrons. The quantitative estimate of drug-likeness (QED) is 0.194. The number of rotatable bonds is 15. The van der Waals surface area contributed by atoms with E-state index in [2.05, 4.69) is 0 Å². The average Bonchev–Trinajstić information content (AvgIpc) is 2.84. The van der Waals surface area contributed by atoms with E-state index in [-0.39, 0.29) is 0 Å². The predicted molar refractivity (Wildman–Crippen MR) is 129 cm³/mol. The van der Waals surface area contributed by atoms with E-state index in [0.717, 1.165) is 5.56 Å². The number of methoxy groups -OCH3 is 1. The number of ether oxygens (including phenoxy) is 1. The van der Waals surface area contributed by atoms with Crippen LogP contribution in [0, 0.1) is 0 Å². The lowest BCUT2D eigenvalue weighted by molar-refractivity contribution is 0.409. The van der Waals surface area contributed by atoms with Gasteiger partial charge in [-0.15, -0.1) is 0 Å². The van der Waals surface area contributed by atoms with Gasteiger partial charge in [0.05, 0.1) is 7.11 Å². The lowest BCUT2D eigenvalue weighted by Crippen LogP contribution is -2.56. The molecule has 0 aliphatic carbocycles. The summed E-state index contributed by atoms with van der Waals surface area (Å²) in [5.74, 6) is 0.705. The van der Waals surface area contributed by atoms with Crippen LogP contribution >= 0.6 is 0 Å². The second-order valence-electron chi connectivity index (χ2n) is 7.66. The Kier molecular flexibility index (Phi) is 13.1. The minimum atomic E-state index is -3.79. The van der Waals surface area contributed by atoms with Gasteiger partial charge >= 0.3 is 78.4 Å². The highest BCUT2D eigenvalue weighted by Gasteiger charge is 2.52. The van der Waals surface area contributed by atoms with E-state index in [0.29, 0.717) is 24.6 Å². The molecule has 0 aliphatic rings. The zero-order valence-electron chi connectivity index (χ0n) is 18.5. The molecule has 0 radical (unpaired) electrons. The number of aryl methyl sites for hydroxylation is 1. The maximum atomic E-state index is 13.0. The molecule has 1 aromatic rings. The van der Waals surface area contributed by atoms with Gasteiger partial charge in [-0.3, -0.25) is 0 Å². The average molecular weight is 649 g/mol. The summed E-state index contributed by atoms with van der Waals surface area (Å²) in [5, 5.41) is 0. The molecule has 0 N–H and O–H groups in total. The van der Waals surface area contributed by atoms with Crippen LogP contribution in [0.5, 0.6) is 5.75 Å². The van der Waals surface area contributed by atoms with Gasteiger partial charge < -0.3 is 49.4 Å². The molecule has 0 heterocycles. The number of hydrogen-bond acceptors (Lipinski definition) is 11. The molecule has 0 bridgehead atoms. The molecule has 22 heteroatoms. The van der Waals surface area contributed by atoms with Gasteiger partial charge in [-0.05, 0) is 18.1 Å². The third-order valence-corrected chi connectivity index (χ3v) is 85.0. The second-order valence-corrected chi connectivity index (χ2v) is 61.5. The van der Waals surface area contributed by atoms with Crippen molar-refractivity contribution in [2.45, 2.75) is 32.0 Å². The maximum Gasteiger partial charge on any atom is 0.381 e. The van der Waals surface area contributed by atoms with Crippen molar-refractivity contribution >= 4 is 86.0 Å². The van der Waals surface area contributed by atoms with Crippen molar-refractivity contribution in [3.8, 4) is 5.75 Å². The molecule has 1 aromatic carbocycles. The molecule has 0 spiro atoms. The van der Waals surface area contributed by atoms with Crippen molar-refractivity contribution < 1.29 is 49.4 Å². The van der Waals surface area contributed by atoms with Crippen LogP contribution in [-0.2, 0) is 51.0 Å². The summed E-state index contributed by atoms with van der Waals surface area (Å²) in [6.07, 6.45) is 1.21. The fraction of sp³-hybridized carbons (Fsp3) is 0.500. The Morgan fingerprint density at radius 3 is 1.74 bits per heavy atom. The number of para-hydroxylation sites is 1. The molecule has 0 atom stereocenters. The number of hydrogen-bond donors (Lipinski definition) is 0. The van der Waals surface area contributed by atoms with Crippen LogP contribution in [0.3, 0.4) is 0 Å². The van der Waals surface area contributed by atoms with Crippen LogP contribution < -0.4 is 4.74 Å². The van der Waals surface area contributed by atoms with Gasteiger partial charge in [-0.1, -0.05) is 43.8 Å². The lowest BCUT2D eigenvalue weighted by atomic mass is 10.1. The third-order valence-electron chi connectivity index (χ3n) is 4.83. The third kappa shape index (κ3) is 8.23. The van der Waals surface area contributed by atoms with Crippen molar-refractivity contribution in [2.75, 3.05) is 7.11 Å². The van der Waals surface area contributed by atoms with Crippen molar-refractivity contribution in [3.05, 3.63) is 29.8 Å². The summed E-state index contributed by atoms with van der Waals surface area (Å²) in [6, 6.07) is 7.85. The smallest absolute Gasteiger partial charge is 0.381 e. The van der Waals surface area contributed by atoms with Gasteiger partial charge in [0.15, 0.2) is 0 Å². The summed E-state index contributed by atoms with van der Waals surface area (Å²) in [5.41, 5.74) is 0.945. The fourth-order valence-corrected chi connectivity index (χ4v) is 113. The Labute approximate surface area is 209 Å². The second kappa shape index (κ2) is 14.2. The topological polar surface area (TPSA) is 180 Å². The standard InChI is InChI=1S/C12H20O11Si11/c1-23-12-9-5-4-7-11(12)8-6-10-34(2,3)33(22)32(21)31(20)30(19)29(18)28(17)27(16)26(15)25(14)24-13/h4-5,7,9,24H,6,8,10H2,1-3H3.